The van der Waals surface area contributed by atoms with Crippen LogP contribution >= 0.6 is 11.6 Å². The molecule has 0 aliphatic heterocycles. The Balaban J connectivity index is 1.56. The second kappa shape index (κ2) is 8.85. The van der Waals surface area contributed by atoms with E-state index in [0.29, 0.717) is 29.2 Å². The SMILES string of the molecule is Cc1nc2ccccc2c(C)c1C(=O)OCC(=O)NCCc1cccc(Cl)c1. The summed E-state index contributed by atoms with van der Waals surface area (Å²) in [6.07, 6.45) is 0.646. The van der Waals surface area contributed by atoms with Crippen LogP contribution in [-0.4, -0.2) is 30.0 Å². The van der Waals surface area contributed by atoms with E-state index in [9.17, 15) is 9.59 Å². The standard InChI is InChI=1S/C22H21ClN2O3/c1-14-18-8-3-4-9-19(18)25-15(2)21(14)22(27)28-13-20(26)24-11-10-16-6-5-7-17(23)12-16/h3-9,12H,10-11,13H2,1-2H3,(H,24,26). The number of rotatable bonds is 6. The van der Waals surface area contributed by atoms with Gasteiger partial charge < -0.3 is 10.1 Å². The summed E-state index contributed by atoms with van der Waals surface area (Å²) in [7, 11) is 0. The van der Waals surface area contributed by atoms with Gasteiger partial charge in [-0.25, -0.2) is 4.79 Å². The number of para-hydroxylation sites is 1. The smallest absolute Gasteiger partial charge is 0.340 e. The van der Waals surface area contributed by atoms with E-state index in [2.05, 4.69) is 10.3 Å². The zero-order valence-electron chi connectivity index (χ0n) is 15.8. The van der Waals surface area contributed by atoms with Gasteiger partial charge in [-0.1, -0.05) is 41.9 Å². The molecule has 0 atom stereocenters. The Kier molecular flexibility index (Phi) is 6.26. The lowest BCUT2D eigenvalue weighted by Crippen LogP contribution is -2.30. The molecule has 0 fully saturated rings. The highest BCUT2D eigenvalue weighted by Crippen LogP contribution is 2.23. The Hall–Kier alpha value is -2.92. The number of carbonyl (C=O) groups excluding carboxylic acids is 2. The zero-order valence-corrected chi connectivity index (χ0v) is 16.5. The molecule has 0 aliphatic carbocycles. The number of nitrogens with one attached hydrogen (secondary N) is 1. The van der Waals surface area contributed by atoms with Crippen LogP contribution in [0.1, 0.15) is 27.2 Å². The van der Waals surface area contributed by atoms with Crippen molar-refractivity contribution in [2.45, 2.75) is 20.3 Å². The molecule has 1 amide bonds. The number of halogens is 1. The quantitative estimate of drug-likeness (QED) is 0.639. The fourth-order valence-corrected chi connectivity index (χ4v) is 3.34. The van der Waals surface area contributed by atoms with Gasteiger partial charge in [-0.2, -0.15) is 0 Å². The van der Waals surface area contributed by atoms with Gasteiger partial charge in [0, 0.05) is 17.0 Å². The molecule has 3 rings (SSSR count). The van der Waals surface area contributed by atoms with Gasteiger partial charge in [-0.3, -0.25) is 9.78 Å². The van der Waals surface area contributed by atoms with Crippen molar-refractivity contribution in [1.82, 2.24) is 10.3 Å². The van der Waals surface area contributed by atoms with E-state index in [4.69, 9.17) is 16.3 Å². The molecule has 0 radical (unpaired) electrons. The van der Waals surface area contributed by atoms with E-state index in [1.54, 1.807) is 13.0 Å². The number of hydrogen-bond donors (Lipinski definition) is 1. The third-order valence-electron chi connectivity index (χ3n) is 4.50. The molecule has 3 aromatic rings. The van der Waals surface area contributed by atoms with Crippen LogP contribution in [0.5, 0.6) is 0 Å². The van der Waals surface area contributed by atoms with Gasteiger partial charge in [0.25, 0.3) is 5.91 Å². The van der Waals surface area contributed by atoms with Gasteiger partial charge in [0.15, 0.2) is 6.61 Å². The molecule has 2 aromatic carbocycles. The van der Waals surface area contributed by atoms with E-state index >= 15 is 0 Å². The van der Waals surface area contributed by atoms with E-state index in [1.807, 2.05) is 49.4 Å². The predicted molar refractivity (Wildman–Crippen MR) is 110 cm³/mol. The molecule has 144 valence electrons. The van der Waals surface area contributed by atoms with E-state index < -0.39 is 5.97 Å². The molecule has 28 heavy (non-hydrogen) atoms. The van der Waals surface area contributed by atoms with Gasteiger partial charge in [-0.15, -0.1) is 0 Å². The number of benzene rings is 2. The van der Waals surface area contributed by atoms with Gasteiger partial charge in [0.05, 0.1) is 16.8 Å². The number of amides is 1. The molecule has 1 aromatic heterocycles. The molecular formula is C22H21ClN2O3. The Morgan fingerprint density at radius 2 is 1.89 bits per heavy atom. The highest BCUT2D eigenvalue weighted by Gasteiger charge is 2.18. The van der Waals surface area contributed by atoms with Crippen molar-refractivity contribution < 1.29 is 14.3 Å². The zero-order chi connectivity index (χ0) is 20.1. The van der Waals surface area contributed by atoms with Crippen LogP contribution in [-0.2, 0) is 16.0 Å². The maximum absolute atomic E-state index is 12.5. The van der Waals surface area contributed by atoms with Crippen molar-refractivity contribution in [3.05, 3.63) is 75.9 Å². The number of aryl methyl sites for hydroxylation is 2. The third-order valence-corrected chi connectivity index (χ3v) is 4.73. The summed E-state index contributed by atoms with van der Waals surface area (Å²) < 4.78 is 5.21. The number of ether oxygens (including phenoxy) is 1. The molecule has 0 aliphatic rings. The highest BCUT2D eigenvalue weighted by atomic mass is 35.5. The third kappa shape index (κ3) is 4.67. The van der Waals surface area contributed by atoms with Crippen molar-refractivity contribution in [2.24, 2.45) is 0 Å². The van der Waals surface area contributed by atoms with Crippen LogP contribution in [0.3, 0.4) is 0 Å². The summed E-state index contributed by atoms with van der Waals surface area (Å²) in [6.45, 7) is 3.73. The average molecular weight is 397 g/mol. The molecule has 6 heteroatoms. The van der Waals surface area contributed by atoms with Crippen molar-refractivity contribution in [3.8, 4) is 0 Å². The van der Waals surface area contributed by atoms with E-state index in [0.717, 1.165) is 22.0 Å². The lowest BCUT2D eigenvalue weighted by molar-refractivity contribution is -0.124. The Morgan fingerprint density at radius 1 is 1.11 bits per heavy atom. The first-order valence-corrected chi connectivity index (χ1v) is 9.37. The number of pyridine rings is 1. The molecule has 0 spiro atoms. The van der Waals surface area contributed by atoms with Crippen molar-refractivity contribution in [3.63, 3.8) is 0 Å². The van der Waals surface area contributed by atoms with Crippen molar-refractivity contribution >= 4 is 34.4 Å². The van der Waals surface area contributed by atoms with Crippen LogP contribution in [0.15, 0.2) is 48.5 Å². The molecule has 0 saturated heterocycles. The lowest BCUT2D eigenvalue weighted by atomic mass is 10.0. The summed E-state index contributed by atoms with van der Waals surface area (Å²) in [4.78, 5) is 29.0. The first-order valence-electron chi connectivity index (χ1n) is 9.00. The van der Waals surface area contributed by atoms with Crippen LogP contribution < -0.4 is 5.32 Å². The minimum absolute atomic E-state index is 0.333. The number of fused-ring (bicyclic) bond motifs is 1. The van der Waals surface area contributed by atoms with Gasteiger partial charge in [-0.05, 0) is 49.6 Å². The molecular weight excluding hydrogens is 376 g/mol. The second-order valence-electron chi connectivity index (χ2n) is 6.52. The molecule has 0 saturated carbocycles. The summed E-state index contributed by atoms with van der Waals surface area (Å²) in [5.74, 6) is -0.891. The number of hydrogen-bond acceptors (Lipinski definition) is 4. The molecule has 0 unspecified atom stereocenters. The summed E-state index contributed by atoms with van der Waals surface area (Å²) in [5, 5.41) is 4.30. The lowest BCUT2D eigenvalue weighted by Gasteiger charge is -2.12. The maximum Gasteiger partial charge on any atom is 0.340 e. The fraction of sp³-hybridized carbons (Fsp3) is 0.227. The van der Waals surface area contributed by atoms with Crippen molar-refractivity contribution in [1.29, 1.82) is 0 Å². The monoisotopic (exact) mass is 396 g/mol. The minimum Gasteiger partial charge on any atom is -0.452 e. The molecule has 5 nitrogen and oxygen atoms in total. The molecule has 1 heterocycles. The van der Waals surface area contributed by atoms with Crippen LogP contribution in [0.4, 0.5) is 0 Å². The fourth-order valence-electron chi connectivity index (χ4n) is 3.12. The molecule has 1 N–H and O–H groups in total. The maximum atomic E-state index is 12.5. The normalized spacial score (nSPS) is 10.7. The second-order valence-corrected chi connectivity index (χ2v) is 6.96. The van der Waals surface area contributed by atoms with Gasteiger partial charge >= 0.3 is 5.97 Å². The topological polar surface area (TPSA) is 68.3 Å². The van der Waals surface area contributed by atoms with Crippen LogP contribution in [0.2, 0.25) is 5.02 Å². The Morgan fingerprint density at radius 3 is 2.68 bits per heavy atom. The number of nitrogens with zero attached hydrogens (tertiary/aromatic N) is 1. The van der Waals surface area contributed by atoms with Crippen LogP contribution in [0, 0.1) is 13.8 Å². The Labute approximate surface area is 168 Å². The minimum atomic E-state index is -0.543. The van der Waals surface area contributed by atoms with Crippen molar-refractivity contribution in [2.75, 3.05) is 13.2 Å². The molecule has 0 bridgehead atoms. The number of esters is 1. The Bertz CT molecular complexity index is 1030. The predicted octanol–water partition coefficient (Wildman–Crippen LogP) is 4.02. The first-order chi connectivity index (χ1) is 13.5. The van der Waals surface area contributed by atoms with E-state index in [1.165, 1.54) is 0 Å². The average Bonchev–Trinajstić information content (AvgIpc) is 2.66. The van der Waals surface area contributed by atoms with E-state index in [-0.39, 0.29) is 12.5 Å². The number of aromatic nitrogens is 1. The summed E-state index contributed by atoms with van der Waals surface area (Å²) >= 11 is 5.94. The summed E-state index contributed by atoms with van der Waals surface area (Å²) in [5.41, 5.74) is 3.65. The largest absolute Gasteiger partial charge is 0.452 e. The van der Waals surface area contributed by atoms with Crippen LogP contribution in [0.25, 0.3) is 10.9 Å². The summed E-state index contributed by atoms with van der Waals surface area (Å²) in [6, 6.07) is 15.1. The first kappa shape index (κ1) is 19.8. The highest BCUT2D eigenvalue weighted by molar-refractivity contribution is 6.30. The van der Waals surface area contributed by atoms with Gasteiger partial charge in [0.2, 0.25) is 0 Å². The number of carbonyl (C=O) groups is 2. The van der Waals surface area contributed by atoms with Gasteiger partial charge in [0.1, 0.15) is 0 Å².